The van der Waals surface area contributed by atoms with Crippen LogP contribution < -0.4 is 0 Å². The molecule has 0 amide bonds. The predicted molar refractivity (Wildman–Crippen MR) is 256 cm³/mol. The lowest BCUT2D eigenvalue weighted by molar-refractivity contribution is 1.18. The molecule has 12 aromatic rings. The summed E-state index contributed by atoms with van der Waals surface area (Å²) in [7, 11) is 0. The molecule has 3 nitrogen and oxygen atoms in total. The van der Waals surface area contributed by atoms with E-state index in [9.17, 15) is 0 Å². The van der Waals surface area contributed by atoms with Crippen LogP contribution in [-0.2, 0) is 0 Å². The topological polar surface area (TPSA) is 30.7 Å². The van der Waals surface area contributed by atoms with Gasteiger partial charge in [0.05, 0.1) is 22.4 Å². The van der Waals surface area contributed by atoms with Crippen LogP contribution in [0.25, 0.3) is 116 Å². The third-order valence-electron chi connectivity index (χ3n) is 12.2. The van der Waals surface area contributed by atoms with Gasteiger partial charge in [0.15, 0.2) is 5.82 Å². The fourth-order valence-electron chi connectivity index (χ4n) is 9.51. The zero-order chi connectivity index (χ0) is 40.3. The number of nitrogens with zero attached hydrogens (tertiary/aromatic N) is 3. The first-order valence-electron chi connectivity index (χ1n) is 20.8. The van der Waals surface area contributed by atoms with Gasteiger partial charge in [-0.2, -0.15) is 0 Å². The lowest BCUT2D eigenvalue weighted by Gasteiger charge is -2.17. The number of rotatable bonds is 6. The van der Waals surface area contributed by atoms with Crippen molar-refractivity contribution in [2.24, 2.45) is 0 Å². The highest BCUT2D eigenvalue weighted by Gasteiger charge is 2.22. The van der Waals surface area contributed by atoms with Crippen molar-refractivity contribution in [2.45, 2.75) is 0 Å². The molecule has 12 rings (SSSR count). The number of aromatic nitrogens is 3. The van der Waals surface area contributed by atoms with Crippen molar-refractivity contribution in [2.75, 3.05) is 0 Å². The minimum Gasteiger partial charge on any atom is -0.309 e. The average molecular weight is 776 g/mol. The van der Waals surface area contributed by atoms with Crippen LogP contribution in [0.5, 0.6) is 0 Å². The van der Waals surface area contributed by atoms with Crippen molar-refractivity contribution >= 4 is 54.1 Å². The summed E-state index contributed by atoms with van der Waals surface area (Å²) in [6.07, 6.45) is 0. The second-order valence-electron chi connectivity index (χ2n) is 15.7. The average Bonchev–Trinajstić information content (AvgIpc) is 3.68. The third kappa shape index (κ3) is 5.74. The van der Waals surface area contributed by atoms with Crippen LogP contribution in [0.1, 0.15) is 0 Å². The molecule has 0 unspecified atom stereocenters. The molecule has 0 spiro atoms. The van der Waals surface area contributed by atoms with Crippen LogP contribution in [-0.4, -0.2) is 14.5 Å². The molecule has 0 atom stereocenters. The van der Waals surface area contributed by atoms with Gasteiger partial charge in [-0.05, 0) is 91.0 Å². The Labute approximate surface area is 353 Å². The highest BCUT2D eigenvalue weighted by molar-refractivity contribution is 6.20. The van der Waals surface area contributed by atoms with Crippen LogP contribution in [0.15, 0.2) is 224 Å². The molecular formula is C58H37N3. The first-order chi connectivity index (χ1) is 30.3. The smallest absolute Gasteiger partial charge is 0.161 e. The van der Waals surface area contributed by atoms with E-state index in [2.05, 4.69) is 229 Å². The molecule has 0 saturated heterocycles. The lowest BCUT2D eigenvalue weighted by atomic mass is 9.91. The van der Waals surface area contributed by atoms with E-state index < -0.39 is 0 Å². The van der Waals surface area contributed by atoms with Gasteiger partial charge in [0.25, 0.3) is 0 Å². The maximum absolute atomic E-state index is 5.65. The van der Waals surface area contributed by atoms with Crippen LogP contribution in [0.3, 0.4) is 0 Å². The number of benzene rings is 10. The summed E-state index contributed by atoms with van der Waals surface area (Å²) in [5.41, 5.74) is 12.9. The zero-order valence-corrected chi connectivity index (χ0v) is 33.2. The van der Waals surface area contributed by atoms with Crippen molar-refractivity contribution < 1.29 is 0 Å². The van der Waals surface area contributed by atoms with E-state index in [-0.39, 0.29) is 0 Å². The Morgan fingerprint density at radius 1 is 0.311 bits per heavy atom. The summed E-state index contributed by atoms with van der Waals surface area (Å²) in [4.78, 5) is 11.2. The Balaban J connectivity index is 1.17. The highest BCUT2D eigenvalue weighted by Crippen LogP contribution is 2.44. The zero-order valence-electron chi connectivity index (χ0n) is 33.2. The SMILES string of the molecule is c1ccc(-c2ccccc2-c2cc(-c3ccccc3-c3cccc4c3c3ccccc3n4-c3ccccc3)nc(-c3c4ccccc4cc4c3ccc3ccccc34)n2)cc1. The molecule has 0 aliphatic carbocycles. The predicted octanol–water partition coefficient (Wildman–Crippen LogP) is 15.4. The van der Waals surface area contributed by atoms with E-state index >= 15 is 0 Å². The van der Waals surface area contributed by atoms with Crippen molar-refractivity contribution in [1.29, 1.82) is 0 Å². The fourth-order valence-corrected chi connectivity index (χ4v) is 9.51. The fraction of sp³-hybridized carbons (Fsp3) is 0. The summed E-state index contributed by atoms with van der Waals surface area (Å²) >= 11 is 0. The Bertz CT molecular complexity index is 3640. The van der Waals surface area contributed by atoms with E-state index in [0.29, 0.717) is 5.82 Å². The summed E-state index contributed by atoms with van der Waals surface area (Å²) in [6.45, 7) is 0. The molecule has 0 N–H and O–H groups in total. The molecule has 0 aliphatic rings. The first kappa shape index (κ1) is 34.9. The largest absolute Gasteiger partial charge is 0.309 e. The molecule has 0 bridgehead atoms. The molecule has 3 heteroatoms. The molecule has 0 radical (unpaired) electrons. The van der Waals surface area contributed by atoms with Gasteiger partial charge in [0.2, 0.25) is 0 Å². The Kier molecular flexibility index (Phi) is 8.17. The number of fused-ring (bicyclic) bond motifs is 7. The van der Waals surface area contributed by atoms with E-state index in [4.69, 9.17) is 9.97 Å². The van der Waals surface area contributed by atoms with Crippen molar-refractivity contribution in [1.82, 2.24) is 14.5 Å². The van der Waals surface area contributed by atoms with Crippen LogP contribution in [0.4, 0.5) is 0 Å². The molecule has 61 heavy (non-hydrogen) atoms. The Morgan fingerprint density at radius 3 is 1.64 bits per heavy atom. The van der Waals surface area contributed by atoms with Crippen LogP contribution in [0, 0.1) is 0 Å². The standard InChI is InChI=1S/C58H37N3/c1-3-18-38(19-4-1)42-24-11-13-28-46(42)52-37-53(60-58(59-52)57-44-26-10-8-21-40(44)36-51-43-25-9-7-20-39(43)34-35-49(51)57)47-29-14-12-27-45(47)48-31-17-33-55-56(48)50-30-15-16-32-54(50)61(55)41-22-5-2-6-23-41/h1-37H. The van der Waals surface area contributed by atoms with Crippen molar-refractivity contribution in [3.8, 4) is 61.8 Å². The highest BCUT2D eigenvalue weighted by atomic mass is 15.0. The second-order valence-corrected chi connectivity index (χ2v) is 15.7. The Hall–Kier alpha value is -8.14. The van der Waals surface area contributed by atoms with Gasteiger partial charge in [0.1, 0.15) is 0 Å². The molecule has 284 valence electrons. The number of hydrogen-bond donors (Lipinski definition) is 0. The molecule has 10 aromatic carbocycles. The van der Waals surface area contributed by atoms with Gasteiger partial charge in [-0.15, -0.1) is 0 Å². The third-order valence-corrected chi connectivity index (χ3v) is 12.2. The summed E-state index contributed by atoms with van der Waals surface area (Å²) in [5.74, 6) is 0.695. The van der Waals surface area contributed by atoms with Gasteiger partial charge in [0, 0.05) is 33.2 Å². The first-order valence-corrected chi connectivity index (χ1v) is 20.8. The summed E-state index contributed by atoms with van der Waals surface area (Å²) in [5, 5.41) is 9.44. The molecule has 0 fully saturated rings. The van der Waals surface area contributed by atoms with Crippen molar-refractivity contribution in [3.63, 3.8) is 0 Å². The van der Waals surface area contributed by atoms with E-state index in [1.54, 1.807) is 0 Å². The van der Waals surface area contributed by atoms with Crippen LogP contribution in [0.2, 0.25) is 0 Å². The van der Waals surface area contributed by atoms with E-state index in [1.807, 2.05) is 0 Å². The van der Waals surface area contributed by atoms with Gasteiger partial charge in [-0.25, -0.2) is 9.97 Å². The molecular weight excluding hydrogens is 739 g/mol. The van der Waals surface area contributed by atoms with E-state index in [1.165, 1.54) is 32.4 Å². The summed E-state index contributed by atoms with van der Waals surface area (Å²) < 4.78 is 2.38. The maximum atomic E-state index is 5.65. The molecule has 0 saturated carbocycles. The van der Waals surface area contributed by atoms with E-state index in [0.717, 1.165) is 77.7 Å². The second kappa shape index (κ2) is 14.3. The van der Waals surface area contributed by atoms with Crippen molar-refractivity contribution in [3.05, 3.63) is 224 Å². The van der Waals surface area contributed by atoms with Crippen LogP contribution >= 0.6 is 0 Å². The summed E-state index contributed by atoms with van der Waals surface area (Å²) in [6, 6.07) is 80.4. The quantitative estimate of drug-likeness (QED) is 0.124. The van der Waals surface area contributed by atoms with Gasteiger partial charge in [-0.3, -0.25) is 0 Å². The van der Waals surface area contributed by atoms with Gasteiger partial charge in [-0.1, -0.05) is 188 Å². The Morgan fingerprint density at radius 2 is 0.869 bits per heavy atom. The normalized spacial score (nSPS) is 11.6. The minimum absolute atomic E-state index is 0.695. The molecule has 2 aromatic heterocycles. The minimum atomic E-state index is 0.695. The number of para-hydroxylation sites is 2. The maximum Gasteiger partial charge on any atom is 0.161 e. The van der Waals surface area contributed by atoms with Gasteiger partial charge >= 0.3 is 0 Å². The molecule has 2 heterocycles. The number of hydrogen-bond acceptors (Lipinski definition) is 2. The molecule has 0 aliphatic heterocycles. The van der Waals surface area contributed by atoms with Gasteiger partial charge < -0.3 is 4.57 Å². The lowest BCUT2D eigenvalue weighted by Crippen LogP contribution is -1.99. The monoisotopic (exact) mass is 775 g/mol.